The molecule has 0 radical (unpaired) electrons. The second-order valence-corrected chi connectivity index (χ2v) is 2.91. The van der Waals surface area contributed by atoms with Crippen molar-refractivity contribution in [1.29, 1.82) is 0 Å². The predicted molar refractivity (Wildman–Crippen MR) is 57.5 cm³/mol. The number of benzene rings is 1. The van der Waals surface area contributed by atoms with Crippen LogP contribution >= 0.6 is 0 Å². The summed E-state index contributed by atoms with van der Waals surface area (Å²) in [7, 11) is 1.19. The molecular formula is C9H10N2O6. The fourth-order valence-corrected chi connectivity index (χ4v) is 1.33. The van der Waals surface area contributed by atoms with Crippen LogP contribution < -0.4 is 9.47 Å². The van der Waals surface area contributed by atoms with Crippen molar-refractivity contribution in [3.8, 4) is 11.5 Å². The number of nitro benzene ring substituents is 2. The van der Waals surface area contributed by atoms with Gasteiger partial charge in [-0.1, -0.05) is 0 Å². The Bertz CT molecular complexity index is 459. The molecule has 17 heavy (non-hydrogen) atoms. The summed E-state index contributed by atoms with van der Waals surface area (Å²) in [5.74, 6) is -0.140. The Labute approximate surface area is 96.1 Å². The maximum atomic E-state index is 10.8. The first kappa shape index (κ1) is 12.7. The maximum absolute atomic E-state index is 10.8. The van der Waals surface area contributed by atoms with E-state index in [1.165, 1.54) is 13.2 Å². The van der Waals surface area contributed by atoms with Crippen molar-refractivity contribution in [2.45, 2.75) is 6.92 Å². The van der Waals surface area contributed by atoms with Crippen LogP contribution in [-0.4, -0.2) is 23.6 Å². The third kappa shape index (κ3) is 2.41. The smallest absolute Gasteiger partial charge is 0.391 e. The molecule has 8 heteroatoms. The molecule has 1 aromatic carbocycles. The van der Waals surface area contributed by atoms with Gasteiger partial charge in [-0.05, 0) is 13.0 Å². The van der Waals surface area contributed by atoms with E-state index in [1.807, 2.05) is 0 Å². The Hall–Kier alpha value is -2.38. The van der Waals surface area contributed by atoms with E-state index < -0.39 is 21.2 Å². The molecule has 0 amide bonds. The van der Waals surface area contributed by atoms with Gasteiger partial charge in [-0.2, -0.15) is 0 Å². The average molecular weight is 242 g/mol. The number of methoxy groups -OCH3 is 1. The van der Waals surface area contributed by atoms with Crippen molar-refractivity contribution in [3.63, 3.8) is 0 Å². The van der Waals surface area contributed by atoms with Crippen molar-refractivity contribution in [2.24, 2.45) is 0 Å². The number of nitro groups is 2. The lowest BCUT2D eigenvalue weighted by Gasteiger charge is -2.08. The van der Waals surface area contributed by atoms with Crippen LogP contribution in [0.5, 0.6) is 11.5 Å². The Kier molecular flexibility index (Phi) is 3.81. The zero-order valence-corrected chi connectivity index (χ0v) is 9.21. The molecule has 0 aliphatic carbocycles. The van der Waals surface area contributed by atoms with Crippen molar-refractivity contribution in [3.05, 3.63) is 32.4 Å². The highest BCUT2D eigenvalue weighted by Crippen LogP contribution is 2.43. The van der Waals surface area contributed by atoms with Gasteiger partial charge in [0.25, 0.3) is 0 Å². The van der Waals surface area contributed by atoms with E-state index in [-0.39, 0.29) is 18.1 Å². The number of rotatable bonds is 5. The van der Waals surface area contributed by atoms with Gasteiger partial charge in [0, 0.05) is 6.07 Å². The summed E-state index contributed by atoms with van der Waals surface area (Å²) in [6, 6.07) is 2.29. The highest BCUT2D eigenvalue weighted by molar-refractivity contribution is 5.67. The first-order valence-electron chi connectivity index (χ1n) is 4.65. The summed E-state index contributed by atoms with van der Waals surface area (Å²) in [6.45, 7) is 1.96. The van der Waals surface area contributed by atoms with E-state index in [1.54, 1.807) is 6.92 Å². The van der Waals surface area contributed by atoms with Crippen molar-refractivity contribution >= 4 is 11.4 Å². The van der Waals surface area contributed by atoms with Crippen molar-refractivity contribution in [2.75, 3.05) is 13.7 Å². The van der Waals surface area contributed by atoms with Crippen LogP contribution in [-0.2, 0) is 0 Å². The minimum absolute atomic E-state index is 0.104. The van der Waals surface area contributed by atoms with Gasteiger partial charge in [-0.25, -0.2) is 0 Å². The molecule has 92 valence electrons. The van der Waals surface area contributed by atoms with E-state index in [0.717, 1.165) is 6.07 Å². The molecule has 0 aliphatic rings. The predicted octanol–water partition coefficient (Wildman–Crippen LogP) is 1.91. The summed E-state index contributed by atoms with van der Waals surface area (Å²) in [6.07, 6.45) is 0. The van der Waals surface area contributed by atoms with E-state index in [0.29, 0.717) is 0 Å². The van der Waals surface area contributed by atoms with Gasteiger partial charge in [-0.3, -0.25) is 20.2 Å². The molecule has 0 atom stereocenters. The molecule has 0 aliphatic heterocycles. The molecule has 0 heterocycles. The molecule has 0 aromatic heterocycles. The summed E-state index contributed by atoms with van der Waals surface area (Å²) in [4.78, 5) is 19.8. The Morgan fingerprint density at radius 2 is 1.88 bits per heavy atom. The lowest BCUT2D eigenvalue weighted by Crippen LogP contribution is -2.02. The van der Waals surface area contributed by atoms with Gasteiger partial charge in [0.05, 0.1) is 23.6 Å². The third-order valence-electron chi connectivity index (χ3n) is 1.96. The molecule has 1 rings (SSSR count). The first-order chi connectivity index (χ1) is 8.02. The topological polar surface area (TPSA) is 105 Å². The fraction of sp³-hybridized carbons (Fsp3) is 0.333. The molecule has 1 aromatic rings. The lowest BCUT2D eigenvalue weighted by atomic mass is 10.2. The molecule has 0 saturated carbocycles. The van der Waals surface area contributed by atoms with Crippen LogP contribution in [0, 0.1) is 20.2 Å². The minimum atomic E-state index is -0.862. The van der Waals surface area contributed by atoms with Gasteiger partial charge in [0.1, 0.15) is 0 Å². The first-order valence-corrected chi connectivity index (χ1v) is 4.65. The number of hydrogen-bond acceptors (Lipinski definition) is 6. The number of ether oxygens (including phenoxy) is 2. The van der Waals surface area contributed by atoms with Crippen LogP contribution in [0.3, 0.4) is 0 Å². The summed E-state index contributed by atoms with van der Waals surface area (Å²) < 4.78 is 9.91. The summed E-state index contributed by atoms with van der Waals surface area (Å²) in [5.41, 5.74) is -1.33. The lowest BCUT2D eigenvalue weighted by molar-refractivity contribution is -0.423. The molecule has 0 fully saturated rings. The van der Waals surface area contributed by atoms with E-state index >= 15 is 0 Å². The highest BCUT2D eigenvalue weighted by atomic mass is 16.6. The Balaban J connectivity index is 3.49. The standard InChI is InChI=1S/C9H10N2O6/c1-3-17-7-5-4-6(10(12)13)8(11(14)15)9(7)16-2/h4-5H,3H2,1-2H3. The van der Waals surface area contributed by atoms with Crippen LogP contribution in [0.4, 0.5) is 11.4 Å². The van der Waals surface area contributed by atoms with Crippen LogP contribution in [0.15, 0.2) is 12.1 Å². The van der Waals surface area contributed by atoms with Gasteiger partial charge in [-0.15, -0.1) is 0 Å². The summed E-state index contributed by atoms with van der Waals surface area (Å²) >= 11 is 0. The quantitative estimate of drug-likeness (QED) is 0.576. The van der Waals surface area contributed by atoms with E-state index in [9.17, 15) is 20.2 Å². The minimum Gasteiger partial charge on any atom is -0.490 e. The third-order valence-corrected chi connectivity index (χ3v) is 1.96. The maximum Gasteiger partial charge on any atom is 0.391 e. The monoisotopic (exact) mass is 242 g/mol. The molecule has 0 unspecified atom stereocenters. The second-order valence-electron chi connectivity index (χ2n) is 2.91. The van der Waals surface area contributed by atoms with Crippen LogP contribution in [0.2, 0.25) is 0 Å². The molecule has 0 bridgehead atoms. The van der Waals surface area contributed by atoms with Crippen molar-refractivity contribution in [1.82, 2.24) is 0 Å². The molecular weight excluding hydrogens is 232 g/mol. The van der Waals surface area contributed by atoms with Crippen molar-refractivity contribution < 1.29 is 19.3 Å². The van der Waals surface area contributed by atoms with Gasteiger partial charge < -0.3 is 9.47 Å². The Morgan fingerprint density at radius 1 is 1.24 bits per heavy atom. The zero-order valence-electron chi connectivity index (χ0n) is 9.21. The second kappa shape index (κ2) is 5.10. The van der Waals surface area contributed by atoms with E-state index in [4.69, 9.17) is 9.47 Å². The van der Waals surface area contributed by atoms with E-state index in [2.05, 4.69) is 0 Å². The molecule has 0 saturated heterocycles. The van der Waals surface area contributed by atoms with Gasteiger partial charge in [0.15, 0.2) is 5.75 Å². The number of nitrogens with zero attached hydrogens (tertiary/aromatic N) is 2. The van der Waals surface area contributed by atoms with Crippen LogP contribution in [0.1, 0.15) is 6.92 Å². The number of hydrogen-bond donors (Lipinski definition) is 0. The normalized spacial score (nSPS) is 9.76. The fourth-order valence-electron chi connectivity index (χ4n) is 1.33. The average Bonchev–Trinajstić information content (AvgIpc) is 2.28. The summed E-state index contributed by atoms with van der Waals surface area (Å²) in [5, 5.41) is 21.5. The molecule has 0 spiro atoms. The SMILES string of the molecule is CCOc1ccc([N+](=O)[O-])c([N+](=O)[O-])c1OC. The largest absolute Gasteiger partial charge is 0.490 e. The van der Waals surface area contributed by atoms with Crippen LogP contribution in [0.25, 0.3) is 0 Å². The highest BCUT2D eigenvalue weighted by Gasteiger charge is 2.32. The van der Waals surface area contributed by atoms with Gasteiger partial charge >= 0.3 is 11.4 Å². The molecule has 8 nitrogen and oxygen atoms in total. The zero-order chi connectivity index (χ0) is 13.0. The Morgan fingerprint density at radius 3 is 2.29 bits per heavy atom. The molecule has 0 N–H and O–H groups in total. The van der Waals surface area contributed by atoms with Gasteiger partial charge in [0.2, 0.25) is 5.75 Å².